The van der Waals surface area contributed by atoms with Gasteiger partial charge in [0.25, 0.3) is 5.91 Å². The molecule has 0 radical (unpaired) electrons. The monoisotopic (exact) mass is 500 g/mol. The highest BCUT2D eigenvalue weighted by Crippen LogP contribution is 2.30. The number of benzene rings is 3. The van der Waals surface area contributed by atoms with E-state index in [1.165, 1.54) is 5.56 Å². The number of nitrogens with zero attached hydrogens (tertiary/aromatic N) is 1. The number of anilines is 3. The minimum Gasteiger partial charge on any atom is -0.383 e. The van der Waals surface area contributed by atoms with Crippen LogP contribution in [0.4, 0.5) is 21.9 Å². The molecule has 1 aliphatic heterocycles. The first-order valence-electron chi connectivity index (χ1n) is 12.9. The maximum absolute atomic E-state index is 13.1. The van der Waals surface area contributed by atoms with Crippen molar-refractivity contribution in [2.24, 2.45) is 5.92 Å². The number of hydrogen-bond acceptors (Lipinski definition) is 4. The van der Waals surface area contributed by atoms with Gasteiger partial charge in [0.05, 0.1) is 12.2 Å². The summed E-state index contributed by atoms with van der Waals surface area (Å²) >= 11 is 0. The summed E-state index contributed by atoms with van der Waals surface area (Å²) in [5.41, 5.74) is 5.19. The van der Waals surface area contributed by atoms with Crippen LogP contribution in [0.25, 0.3) is 0 Å². The van der Waals surface area contributed by atoms with Crippen molar-refractivity contribution in [2.75, 3.05) is 48.9 Å². The summed E-state index contributed by atoms with van der Waals surface area (Å²) in [6.45, 7) is 4.62. The van der Waals surface area contributed by atoms with Crippen molar-refractivity contribution in [1.82, 2.24) is 5.32 Å². The predicted molar refractivity (Wildman–Crippen MR) is 150 cm³/mol. The van der Waals surface area contributed by atoms with Gasteiger partial charge in [0, 0.05) is 43.8 Å². The maximum Gasteiger partial charge on any atom is 0.323 e. The van der Waals surface area contributed by atoms with E-state index in [1.54, 1.807) is 13.2 Å². The Morgan fingerprint density at radius 2 is 1.59 bits per heavy atom. The zero-order valence-electron chi connectivity index (χ0n) is 21.6. The first-order chi connectivity index (χ1) is 18.0. The van der Waals surface area contributed by atoms with E-state index in [9.17, 15) is 9.59 Å². The Morgan fingerprint density at radius 3 is 2.30 bits per heavy atom. The minimum absolute atomic E-state index is 0.180. The zero-order valence-corrected chi connectivity index (χ0v) is 21.6. The lowest BCUT2D eigenvalue weighted by molar-refractivity contribution is 0.0937. The largest absolute Gasteiger partial charge is 0.383 e. The van der Waals surface area contributed by atoms with E-state index in [4.69, 9.17) is 4.74 Å². The number of piperidine rings is 1. The van der Waals surface area contributed by atoms with Crippen LogP contribution in [0, 0.1) is 12.8 Å². The number of nitrogens with one attached hydrogen (secondary N) is 3. The fourth-order valence-electron chi connectivity index (χ4n) is 4.69. The van der Waals surface area contributed by atoms with Gasteiger partial charge in [-0.25, -0.2) is 4.79 Å². The van der Waals surface area contributed by atoms with Gasteiger partial charge in [0.2, 0.25) is 0 Å². The van der Waals surface area contributed by atoms with Gasteiger partial charge in [-0.05, 0) is 68.0 Å². The van der Waals surface area contributed by atoms with Crippen LogP contribution in [0.15, 0.2) is 72.8 Å². The van der Waals surface area contributed by atoms with Crippen LogP contribution in [0.2, 0.25) is 0 Å². The molecule has 1 aliphatic rings. The Labute approximate surface area is 219 Å². The molecule has 7 heteroatoms. The molecule has 7 nitrogen and oxygen atoms in total. The Morgan fingerprint density at radius 1 is 0.919 bits per heavy atom. The molecule has 37 heavy (non-hydrogen) atoms. The fourth-order valence-corrected chi connectivity index (χ4v) is 4.69. The van der Waals surface area contributed by atoms with Crippen molar-refractivity contribution in [3.8, 4) is 0 Å². The minimum atomic E-state index is -0.357. The number of carbonyl (C=O) groups excluding carboxylic acids is 2. The SMILES string of the molecule is COCCNC(=O)c1cc(NC(=O)Nc2ccc(C)cc2)ccc1N1CCC(Cc2ccccc2)CC1. The Bertz CT molecular complexity index is 1170. The molecule has 1 saturated heterocycles. The quantitative estimate of drug-likeness (QED) is 0.340. The third-order valence-electron chi connectivity index (χ3n) is 6.72. The number of hydrogen-bond donors (Lipinski definition) is 3. The van der Waals surface area contributed by atoms with Crippen LogP contribution >= 0.6 is 0 Å². The molecular weight excluding hydrogens is 464 g/mol. The molecule has 0 spiro atoms. The smallest absolute Gasteiger partial charge is 0.323 e. The standard InChI is InChI=1S/C30H36N4O3/c1-22-8-10-25(11-9-22)32-30(36)33-26-12-13-28(27(21-26)29(35)31-16-19-37-2)34-17-14-24(15-18-34)20-23-6-4-3-5-7-23/h3-13,21,24H,14-20H2,1-2H3,(H,31,35)(H2,32,33,36). The molecule has 3 aromatic rings. The Kier molecular flexibility index (Phi) is 9.16. The molecule has 194 valence electrons. The molecule has 3 amide bonds. The van der Waals surface area contributed by atoms with E-state index in [0.29, 0.717) is 36.0 Å². The van der Waals surface area contributed by atoms with Crippen LogP contribution in [0.1, 0.15) is 34.3 Å². The predicted octanol–water partition coefficient (Wildman–Crippen LogP) is 5.47. The summed E-state index contributed by atoms with van der Waals surface area (Å²) in [5, 5.41) is 8.62. The Balaban J connectivity index is 1.45. The van der Waals surface area contributed by atoms with E-state index in [1.807, 2.05) is 43.3 Å². The van der Waals surface area contributed by atoms with E-state index >= 15 is 0 Å². The molecule has 3 aromatic carbocycles. The molecule has 1 heterocycles. The lowest BCUT2D eigenvalue weighted by Crippen LogP contribution is -2.36. The summed E-state index contributed by atoms with van der Waals surface area (Å²) < 4.78 is 5.09. The van der Waals surface area contributed by atoms with Crippen molar-refractivity contribution in [2.45, 2.75) is 26.2 Å². The van der Waals surface area contributed by atoms with Crippen LogP contribution in [0.3, 0.4) is 0 Å². The van der Waals surface area contributed by atoms with Crippen LogP contribution in [-0.4, -0.2) is 45.3 Å². The molecule has 0 aromatic heterocycles. The highest BCUT2D eigenvalue weighted by Gasteiger charge is 2.24. The van der Waals surface area contributed by atoms with Gasteiger partial charge < -0.3 is 25.6 Å². The molecule has 1 fully saturated rings. The summed E-state index contributed by atoms with van der Waals surface area (Å²) in [4.78, 5) is 28.0. The Hall–Kier alpha value is -3.84. The summed E-state index contributed by atoms with van der Waals surface area (Å²) in [6.07, 6.45) is 3.22. The van der Waals surface area contributed by atoms with Gasteiger partial charge in [-0.3, -0.25) is 4.79 Å². The molecule has 0 atom stereocenters. The number of amides is 3. The maximum atomic E-state index is 13.1. The lowest BCUT2D eigenvalue weighted by atomic mass is 9.89. The molecular formula is C30H36N4O3. The molecule has 0 aliphatic carbocycles. The van der Waals surface area contributed by atoms with Gasteiger partial charge in [0.1, 0.15) is 0 Å². The molecule has 3 N–H and O–H groups in total. The number of rotatable bonds is 9. The van der Waals surface area contributed by atoms with Crippen molar-refractivity contribution in [3.63, 3.8) is 0 Å². The first kappa shape index (κ1) is 26.2. The molecule has 0 unspecified atom stereocenters. The summed E-state index contributed by atoms with van der Waals surface area (Å²) in [6, 6.07) is 23.4. The number of aryl methyl sites for hydroxylation is 1. The van der Waals surface area contributed by atoms with Gasteiger partial charge >= 0.3 is 6.03 Å². The first-order valence-corrected chi connectivity index (χ1v) is 12.9. The second kappa shape index (κ2) is 12.9. The normalized spacial score (nSPS) is 13.7. The summed E-state index contributed by atoms with van der Waals surface area (Å²) in [5.74, 6) is 0.449. The number of carbonyl (C=O) groups is 2. The number of urea groups is 1. The number of methoxy groups -OCH3 is 1. The third-order valence-corrected chi connectivity index (χ3v) is 6.72. The molecule has 0 saturated carbocycles. The highest BCUT2D eigenvalue weighted by atomic mass is 16.5. The average Bonchev–Trinajstić information content (AvgIpc) is 2.91. The van der Waals surface area contributed by atoms with Crippen molar-refractivity contribution in [1.29, 1.82) is 0 Å². The second-order valence-electron chi connectivity index (χ2n) is 9.55. The van der Waals surface area contributed by atoms with E-state index < -0.39 is 0 Å². The number of ether oxygens (including phenoxy) is 1. The van der Waals surface area contributed by atoms with Crippen LogP contribution < -0.4 is 20.9 Å². The van der Waals surface area contributed by atoms with E-state index in [-0.39, 0.29) is 11.9 Å². The van der Waals surface area contributed by atoms with E-state index in [0.717, 1.165) is 43.6 Å². The van der Waals surface area contributed by atoms with Crippen molar-refractivity contribution < 1.29 is 14.3 Å². The van der Waals surface area contributed by atoms with Crippen molar-refractivity contribution in [3.05, 3.63) is 89.5 Å². The van der Waals surface area contributed by atoms with Gasteiger partial charge in [-0.15, -0.1) is 0 Å². The fraction of sp³-hybridized carbons (Fsp3) is 0.333. The van der Waals surface area contributed by atoms with Gasteiger partial charge in [0.15, 0.2) is 0 Å². The van der Waals surface area contributed by atoms with Crippen molar-refractivity contribution >= 4 is 29.0 Å². The summed E-state index contributed by atoms with van der Waals surface area (Å²) in [7, 11) is 1.61. The molecule has 4 rings (SSSR count). The lowest BCUT2D eigenvalue weighted by Gasteiger charge is -2.35. The van der Waals surface area contributed by atoms with E-state index in [2.05, 4.69) is 51.2 Å². The van der Waals surface area contributed by atoms with Crippen LogP contribution in [0.5, 0.6) is 0 Å². The zero-order chi connectivity index (χ0) is 26.0. The third kappa shape index (κ3) is 7.57. The molecule has 0 bridgehead atoms. The van der Waals surface area contributed by atoms with Crippen LogP contribution in [-0.2, 0) is 11.2 Å². The highest BCUT2D eigenvalue weighted by molar-refractivity contribution is 6.04. The average molecular weight is 501 g/mol. The van der Waals surface area contributed by atoms with Gasteiger partial charge in [-0.2, -0.15) is 0 Å². The second-order valence-corrected chi connectivity index (χ2v) is 9.55. The topological polar surface area (TPSA) is 82.7 Å². The van der Waals surface area contributed by atoms with Gasteiger partial charge in [-0.1, -0.05) is 48.0 Å².